The summed E-state index contributed by atoms with van der Waals surface area (Å²) in [4.78, 5) is 5.23. The van der Waals surface area contributed by atoms with E-state index in [0.29, 0.717) is 6.04 Å². The molecule has 2 unspecified atom stereocenters. The monoisotopic (exact) mass is 259 g/mol. The number of nitrogens with zero attached hydrogens (tertiary/aromatic N) is 2. The number of nitrogen functional groups attached to an aromatic ring is 1. The quantitative estimate of drug-likeness (QED) is 0.787. The Morgan fingerprint density at radius 2 is 2.05 bits per heavy atom. The topological polar surface area (TPSA) is 32.5 Å². The van der Waals surface area contributed by atoms with E-state index in [9.17, 15) is 0 Å². The molecule has 1 aromatic rings. The van der Waals surface area contributed by atoms with Crippen molar-refractivity contribution >= 4 is 11.4 Å². The number of rotatable bonds is 1. The van der Waals surface area contributed by atoms with Crippen LogP contribution < -0.4 is 10.6 Å². The Kier molecular flexibility index (Phi) is 3.40. The van der Waals surface area contributed by atoms with Crippen molar-refractivity contribution in [3.63, 3.8) is 0 Å². The summed E-state index contributed by atoms with van der Waals surface area (Å²) in [5.74, 6) is 0. The first-order valence-corrected chi connectivity index (χ1v) is 7.52. The first kappa shape index (κ1) is 12.8. The van der Waals surface area contributed by atoms with Gasteiger partial charge in [-0.05, 0) is 50.9 Å². The first-order valence-electron chi connectivity index (χ1n) is 7.52. The SMILES string of the molecule is Cc1ccc(N2CC3CCCCN3CC2C)cc1N. The zero-order valence-electron chi connectivity index (χ0n) is 12.1. The van der Waals surface area contributed by atoms with E-state index in [1.54, 1.807) is 0 Å². The second-order valence-electron chi connectivity index (χ2n) is 6.19. The third-order valence-electron chi connectivity index (χ3n) is 4.78. The molecule has 2 fully saturated rings. The standard InChI is InChI=1S/C16H25N3/c1-12-6-7-14(9-16(12)17)19-11-15-5-3-4-8-18(15)10-13(19)2/h6-7,9,13,15H,3-5,8,10-11,17H2,1-2H3. The van der Waals surface area contributed by atoms with E-state index in [1.807, 2.05) is 0 Å². The van der Waals surface area contributed by atoms with Crippen molar-refractivity contribution in [1.82, 2.24) is 4.90 Å². The minimum absolute atomic E-state index is 0.580. The number of aryl methyl sites for hydroxylation is 1. The molecule has 0 amide bonds. The number of piperazine rings is 1. The predicted molar refractivity (Wildman–Crippen MR) is 81.6 cm³/mol. The summed E-state index contributed by atoms with van der Waals surface area (Å²) in [5.41, 5.74) is 9.45. The van der Waals surface area contributed by atoms with Gasteiger partial charge in [-0.3, -0.25) is 4.90 Å². The Balaban J connectivity index is 1.81. The van der Waals surface area contributed by atoms with Gasteiger partial charge in [0.05, 0.1) is 0 Å². The molecular formula is C16H25N3. The zero-order valence-corrected chi connectivity index (χ0v) is 12.1. The first-order chi connectivity index (χ1) is 9.15. The van der Waals surface area contributed by atoms with Gasteiger partial charge in [-0.2, -0.15) is 0 Å². The largest absolute Gasteiger partial charge is 0.398 e. The van der Waals surface area contributed by atoms with Crippen molar-refractivity contribution < 1.29 is 0 Å². The molecule has 0 aromatic heterocycles. The van der Waals surface area contributed by atoms with E-state index in [-0.39, 0.29) is 0 Å². The number of nitrogens with two attached hydrogens (primary N) is 1. The number of benzene rings is 1. The van der Waals surface area contributed by atoms with Crippen molar-refractivity contribution in [2.24, 2.45) is 0 Å². The van der Waals surface area contributed by atoms with Gasteiger partial charge in [-0.1, -0.05) is 12.5 Å². The molecule has 1 aromatic carbocycles. The molecule has 2 aliphatic heterocycles. The molecule has 0 radical (unpaired) electrons. The highest BCUT2D eigenvalue weighted by atomic mass is 15.3. The lowest BCUT2D eigenvalue weighted by Gasteiger charge is -2.48. The molecule has 2 aliphatic rings. The molecule has 2 atom stereocenters. The summed E-state index contributed by atoms with van der Waals surface area (Å²) in [6, 6.07) is 7.83. The maximum absolute atomic E-state index is 6.07. The van der Waals surface area contributed by atoms with Crippen molar-refractivity contribution in [1.29, 1.82) is 0 Å². The Morgan fingerprint density at radius 1 is 1.21 bits per heavy atom. The van der Waals surface area contributed by atoms with Crippen molar-refractivity contribution in [3.8, 4) is 0 Å². The van der Waals surface area contributed by atoms with Gasteiger partial charge in [0.15, 0.2) is 0 Å². The van der Waals surface area contributed by atoms with Crippen LogP contribution in [0.4, 0.5) is 11.4 Å². The van der Waals surface area contributed by atoms with Crippen LogP contribution in [0.15, 0.2) is 18.2 Å². The summed E-state index contributed by atoms with van der Waals surface area (Å²) in [5, 5.41) is 0. The van der Waals surface area contributed by atoms with Crippen LogP contribution in [0.2, 0.25) is 0 Å². The van der Waals surface area contributed by atoms with E-state index in [0.717, 1.165) is 18.3 Å². The number of fused-ring (bicyclic) bond motifs is 1. The van der Waals surface area contributed by atoms with Crippen molar-refractivity contribution in [3.05, 3.63) is 23.8 Å². The van der Waals surface area contributed by atoms with Crippen molar-refractivity contribution in [2.75, 3.05) is 30.3 Å². The van der Waals surface area contributed by atoms with E-state index in [4.69, 9.17) is 5.73 Å². The van der Waals surface area contributed by atoms with Crippen LogP contribution in [-0.2, 0) is 0 Å². The van der Waals surface area contributed by atoms with E-state index in [2.05, 4.69) is 41.8 Å². The molecule has 0 spiro atoms. The second-order valence-corrected chi connectivity index (χ2v) is 6.19. The maximum Gasteiger partial charge on any atom is 0.0390 e. The summed E-state index contributed by atoms with van der Waals surface area (Å²) >= 11 is 0. The van der Waals surface area contributed by atoms with E-state index >= 15 is 0 Å². The minimum Gasteiger partial charge on any atom is -0.398 e. The fourth-order valence-electron chi connectivity index (χ4n) is 3.52. The number of hydrogen-bond acceptors (Lipinski definition) is 3. The molecule has 0 bridgehead atoms. The Labute approximate surface area is 116 Å². The second kappa shape index (κ2) is 5.04. The number of piperidine rings is 1. The lowest BCUT2D eigenvalue weighted by atomic mass is 9.96. The van der Waals surface area contributed by atoms with Gasteiger partial charge in [0.25, 0.3) is 0 Å². The third kappa shape index (κ3) is 2.44. The van der Waals surface area contributed by atoms with Crippen LogP contribution in [0, 0.1) is 6.92 Å². The molecule has 3 nitrogen and oxygen atoms in total. The summed E-state index contributed by atoms with van der Waals surface area (Å²) < 4.78 is 0. The van der Waals surface area contributed by atoms with Gasteiger partial charge in [0.2, 0.25) is 0 Å². The van der Waals surface area contributed by atoms with Gasteiger partial charge in [0.1, 0.15) is 0 Å². The fraction of sp³-hybridized carbons (Fsp3) is 0.625. The van der Waals surface area contributed by atoms with Crippen molar-refractivity contribution in [2.45, 2.75) is 45.2 Å². The summed E-state index contributed by atoms with van der Waals surface area (Å²) in [6.07, 6.45) is 4.12. The van der Waals surface area contributed by atoms with Gasteiger partial charge in [-0.25, -0.2) is 0 Å². The van der Waals surface area contributed by atoms with Crippen LogP contribution in [0.25, 0.3) is 0 Å². The lowest BCUT2D eigenvalue weighted by molar-refractivity contribution is 0.115. The Morgan fingerprint density at radius 3 is 2.84 bits per heavy atom. The van der Waals surface area contributed by atoms with E-state index in [1.165, 1.54) is 43.6 Å². The predicted octanol–water partition coefficient (Wildman–Crippen LogP) is 2.64. The van der Waals surface area contributed by atoms with Gasteiger partial charge >= 0.3 is 0 Å². The molecule has 3 heteroatoms. The highest BCUT2D eigenvalue weighted by Crippen LogP contribution is 2.29. The van der Waals surface area contributed by atoms with Crippen LogP contribution in [-0.4, -0.2) is 36.6 Å². The maximum atomic E-state index is 6.07. The molecule has 2 saturated heterocycles. The highest BCUT2D eigenvalue weighted by Gasteiger charge is 2.32. The molecule has 3 rings (SSSR count). The molecule has 104 valence electrons. The summed E-state index contributed by atoms with van der Waals surface area (Å²) in [6.45, 7) is 8.05. The molecule has 2 heterocycles. The molecule has 19 heavy (non-hydrogen) atoms. The zero-order chi connectivity index (χ0) is 13.4. The normalized spacial score (nSPS) is 28.2. The van der Waals surface area contributed by atoms with Crippen LogP contribution in [0.5, 0.6) is 0 Å². The molecule has 2 N–H and O–H groups in total. The van der Waals surface area contributed by atoms with Gasteiger partial charge in [-0.15, -0.1) is 0 Å². The van der Waals surface area contributed by atoms with Gasteiger partial charge in [0, 0.05) is 36.5 Å². The number of hydrogen-bond donors (Lipinski definition) is 1. The highest BCUT2D eigenvalue weighted by molar-refractivity contribution is 5.60. The molecule has 0 saturated carbocycles. The Hall–Kier alpha value is -1.22. The Bertz CT molecular complexity index is 457. The average Bonchev–Trinajstić information content (AvgIpc) is 2.41. The third-order valence-corrected chi connectivity index (χ3v) is 4.78. The average molecular weight is 259 g/mol. The minimum atomic E-state index is 0.580. The lowest BCUT2D eigenvalue weighted by Crippen LogP contribution is -2.58. The molecule has 0 aliphatic carbocycles. The fourth-order valence-corrected chi connectivity index (χ4v) is 3.52. The van der Waals surface area contributed by atoms with Crippen LogP contribution >= 0.6 is 0 Å². The summed E-state index contributed by atoms with van der Waals surface area (Å²) in [7, 11) is 0. The van der Waals surface area contributed by atoms with Crippen LogP contribution in [0.1, 0.15) is 31.7 Å². The smallest absolute Gasteiger partial charge is 0.0390 e. The molecular weight excluding hydrogens is 234 g/mol. The number of anilines is 2. The van der Waals surface area contributed by atoms with Crippen LogP contribution in [0.3, 0.4) is 0 Å². The van der Waals surface area contributed by atoms with E-state index < -0.39 is 0 Å². The van der Waals surface area contributed by atoms with Gasteiger partial charge < -0.3 is 10.6 Å².